The zero-order valence-electron chi connectivity index (χ0n) is 7.33. The topological polar surface area (TPSA) is 52.3 Å². The molecule has 0 aliphatic carbocycles. The van der Waals surface area contributed by atoms with E-state index in [1.807, 2.05) is 0 Å². The van der Waals surface area contributed by atoms with Gasteiger partial charge in [-0.2, -0.15) is 0 Å². The Bertz CT molecular complexity index is 278. The van der Waals surface area contributed by atoms with Crippen LogP contribution in [0.15, 0.2) is 10.7 Å². The highest BCUT2D eigenvalue weighted by Crippen LogP contribution is 2.08. The van der Waals surface area contributed by atoms with Crippen LogP contribution in [0.25, 0.3) is 0 Å². The molecule has 0 saturated heterocycles. The van der Waals surface area contributed by atoms with E-state index in [1.165, 1.54) is 6.20 Å². The third kappa shape index (κ3) is 1.84. The number of aryl methyl sites for hydroxylation is 1. The summed E-state index contributed by atoms with van der Waals surface area (Å²) >= 11 is 0. The average Bonchev–Trinajstić information content (AvgIpc) is 2.33. The molecule has 0 radical (unpaired) electrons. The van der Waals surface area contributed by atoms with E-state index in [4.69, 9.17) is 9.26 Å². The molecule has 0 amide bonds. The van der Waals surface area contributed by atoms with Gasteiger partial charge in [-0.15, -0.1) is 0 Å². The molecule has 1 rings (SSSR count). The number of carbonyl (C=O) groups is 1. The van der Waals surface area contributed by atoms with Gasteiger partial charge in [0.2, 0.25) is 0 Å². The van der Waals surface area contributed by atoms with E-state index in [-0.39, 0.29) is 12.1 Å². The fourth-order valence-corrected chi connectivity index (χ4v) is 0.772. The molecule has 0 unspecified atom stereocenters. The van der Waals surface area contributed by atoms with Crippen molar-refractivity contribution in [1.29, 1.82) is 0 Å². The molecule has 1 heterocycles. The van der Waals surface area contributed by atoms with Crippen LogP contribution < -0.4 is 0 Å². The molecule has 0 bridgehead atoms. The number of nitrogens with zero attached hydrogens (tertiary/aromatic N) is 1. The second-order valence-electron chi connectivity index (χ2n) is 2.75. The molecular formula is C8H11NO3. The molecule has 12 heavy (non-hydrogen) atoms. The van der Waals surface area contributed by atoms with Crippen LogP contribution in [0.1, 0.15) is 30.0 Å². The van der Waals surface area contributed by atoms with Crippen LogP contribution in [0, 0.1) is 6.92 Å². The van der Waals surface area contributed by atoms with Gasteiger partial charge in [0.1, 0.15) is 11.3 Å². The summed E-state index contributed by atoms with van der Waals surface area (Å²) in [6, 6.07) is 0. The first-order chi connectivity index (χ1) is 5.61. The van der Waals surface area contributed by atoms with Gasteiger partial charge < -0.3 is 9.26 Å². The number of carbonyl (C=O) groups excluding carboxylic acids is 1. The van der Waals surface area contributed by atoms with Crippen molar-refractivity contribution in [1.82, 2.24) is 5.16 Å². The van der Waals surface area contributed by atoms with Gasteiger partial charge in [-0.25, -0.2) is 4.79 Å². The van der Waals surface area contributed by atoms with Gasteiger partial charge in [-0.3, -0.25) is 0 Å². The summed E-state index contributed by atoms with van der Waals surface area (Å²) in [4.78, 5) is 11.2. The Kier molecular flexibility index (Phi) is 2.47. The van der Waals surface area contributed by atoms with Crippen LogP contribution in [0.4, 0.5) is 0 Å². The average molecular weight is 169 g/mol. The standard InChI is InChI=1S/C8H11NO3/c1-5(2)11-8(10)7-4-9-12-6(7)3/h4-5H,1-3H3. The Morgan fingerprint density at radius 3 is 2.75 bits per heavy atom. The minimum atomic E-state index is -0.385. The monoisotopic (exact) mass is 169 g/mol. The van der Waals surface area contributed by atoms with Gasteiger partial charge in [0, 0.05) is 0 Å². The first kappa shape index (κ1) is 8.77. The van der Waals surface area contributed by atoms with E-state index in [2.05, 4.69) is 5.16 Å². The van der Waals surface area contributed by atoms with Gasteiger partial charge in [-0.05, 0) is 20.8 Å². The predicted octanol–water partition coefficient (Wildman–Crippen LogP) is 1.55. The summed E-state index contributed by atoms with van der Waals surface area (Å²) in [5.74, 6) is 0.101. The number of hydrogen-bond acceptors (Lipinski definition) is 4. The van der Waals surface area contributed by atoms with Crippen molar-refractivity contribution in [3.8, 4) is 0 Å². The van der Waals surface area contributed by atoms with Crippen LogP contribution in [-0.4, -0.2) is 17.2 Å². The van der Waals surface area contributed by atoms with Gasteiger partial charge in [0.25, 0.3) is 0 Å². The second-order valence-corrected chi connectivity index (χ2v) is 2.75. The van der Waals surface area contributed by atoms with E-state index < -0.39 is 0 Å². The van der Waals surface area contributed by atoms with Crippen molar-refractivity contribution in [2.24, 2.45) is 0 Å². The largest absolute Gasteiger partial charge is 0.459 e. The third-order valence-corrected chi connectivity index (χ3v) is 1.31. The Morgan fingerprint density at radius 2 is 2.33 bits per heavy atom. The first-order valence-corrected chi connectivity index (χ1v) is 3.73. The number of esters is 1. The molecule has 66 valence electrons. The quantitative estimate of drug-likeness (QED) is 0.630. The number of ether oxygens (including phenoxy) is 1. The number of rotatable bonds is 2. The molecule has 0 aromatic carbocycles. The van der Waals surface area contributed by atoms with Crippen molar-refractivity contribution < 1.29 is 14.1 Å². The molecule has 0 N–H and O–H groups in total. The van der Waals surface area contributed by atoms with Gasteiger partial charge in [0.05, 0.1) is 12.3 Å². The SMILES string of the molecule is Cc1oncc1C(=O)OC(C)C. The molecule has 0 fully saturated rings. The first-order valence-electron chi connectivity index (χ1n) is 3.73. The maximum absolute atomic E-state index is 11.2. The molecule has 1 aromatic rings. The fraction of sp³-hybridized carbons (Fsp3) is 0.500. The van der Waals surface area contributed by atoms with Gasteiger partial charge in [0.15, 0.2) is 0 Å². The van der Waals surface area contributed by atoms with Crippen molar-refractivity contribution >= 4 is 5.97 Å². The lowest BCUT2D eigenvalue weighted by Gasteiger charge is -2.05. The number of aromatic nitrogens is 1. The summed E-state index contributed by atoms with van der Waals surface area (Å²) in [7, 11) is 0. The Hall–Kier alpha value is -1.32. The Balaban J connectivity index is 2.72. The zero-order valence-corrected chi connectivity index (χ0v) is 7.33. The molecular weight excluding hydrogens is 158 g/mol. The van der Waals surface area contributed by atoms with Crippen molar-refractivity contribution in [3.63, 3.8) is 0 Å². The van der Waals surface area contributed by atoms with Gasteiger partial charge in [-0.1, -0.05) is 5.16 Å². The highest BCUT2D eigenvalue weighted by Gasteiger charge is 2.14. The Morgan fingerprint density at radius 1 is 1.67 bits per heavy atom. The minimum absolute atomic E-state index is 0.119. The maximum atomic E-state index is 11.2. The second kappa shape index (κ2) is 3.38. The van der Waals surface area contributed by atoms with E-state index in [9.17, 15) is 4.79 Å². The summed E-state index contributed by atoms with van der Waals surface area (Å²) in [5, 5.41) is 3.47. The van der Waals surface area contributed by atoms with Crippen molar-refractivity contribution in [2.75, 3.05) is 0 Å². The highest BCUT2D eigenvalue weighted by atomic mass is 16.5. The molecule has 0 aliphatic rings. The summed E-state index contributed by atoms with van der Waals surface area (Å²) in [6.45, 7) is 5.26. The summed E-state index contributed by atoms with van der Waals surface area (Å²) in [5.41, 5.74) is 0.392. The fourth-order valence-electron chi connectivity index (χ4n) is 0.772. The molecule has 0 spiro atoms. The minimum Gasteiger partial charge on any atom is -0.459 e. The van der Waals surface area contributed by atoms with Crippen molar-refractivity contribution in [2.45, 2.75) is 26.9 Å². The maximum Gasteiger partial charge on any atom is 0.343 e. The van der Waals surface area contributed by atoms with Crippen LogP contribution >= 0.6 is 0 Å². The molecule has 0 saturated carbocycles. The lowest BCUT2D eigenvalue weighted by atomic mass is 10.3. The van der Waals surface area contributed by atoms with Crippen molar-refractivity contribution in [3.05, 3.63) is 17.5 Å². The van der Waals surface area contributed by atoms with Crippen LogP contribution in [-0.2, 0) is 4.74 Å². The number of hydrogen-bond donors (Lipinski definition) is 0. The van der Waals surface area contributed by atoms with E-state index in [1.54, 1.807) is 20.8 Å². The normalized spacial score (nSPS) is 10.3. The van der Waals surface area contributed by atoms with E-state index >= 15 is 0 Å². The molecule has 4 heteroatoms. The highest BCUT2D eigenvalue weighted by molar-refractivity contribution is 5.90. The lowest BCUT2D eigenvalue weighted by molar-refractivity contribution is 0.0376. The molecule has 0 atom stereocenters. The molecule has 0 aliphatic heterocycles. The zero-order chi connectivity index (χ0) is 9.14. The predicted molar refractivity (Wildman–Crippen MR) is 41.8 cm³/mol. The Labute approximate surface area is 70.5 Å². The molecule has 1 aromatic heterocycles. The van der Waals surface area contributed by atoms with Gasteiger partial charge >= 0.3 is 5.97 Å². The molecule has 4 nitrogen and oxygen atoms in total. The van der Waals surface area contributed by atoms with Crippen LogP contribution in [0.5, 0.6) is 0 Å². The smallest absolute Gasteiger partial charge is 0.343 e. The summed E-state index contributed by atoms with van der Waals surface area (Å²) < 4.78 is 9.65. The summed E-state index contributed by atoms with van der Waals surface area (Å²) in [6.07, 6.45) is 1.24. The van der Waals surface area contributed by atoms with E-state index in [0.29, 0.717) is 11.3 Å². The van der Waals surface area contributed by atoms with Crippen LogP contribution in [0.2, 0.25) is 0 Å². The van der Waals surface area contributed by atoms with E-state index in [0.717, 1.165) is 0 Å². The lowest BCUT2D eigenvalue weighted by Crippen LogP contribution is -2.11. The van der Waals surface area contributed by atoms with Crippen LogP contribution in [0.3, 0.4) is 0 Å². The third-order valence-electron chi connectivity index (χ3n) is 1.31.